The van der Waals surface area contributed by atoms with E-state index in [0.29, 0.717) is 12.3 Å². The minimum atomic E-state index is 0.265. The van der Waals surface area contributed by atoms with Crippen LogP contribution < -0.4 is 0 Å². The van der Waals surface area contributed by atoms with Gasteiger partial charge in [0.1, 0.15) is 5.78 Å². The van der Waals surface area contributed by atoms with Crippen LogP contribution in [0.25, 0.3) is 10.9 Å². The molecule has 0 fully saturated rings. The van der Waals surface area contributed by atoms with Crippen LogP contribution in [0.15, 0.2) is 24.3 Å². The second-order valence-electron chi connectivity index (χ2n) is 4.72. The molecule has 0 spiro atoms. The maximum absolute atomic E-state index is 11.3. The molecular weight excluding hydrogens is 210 g/mol. The van der Waals surface area contributed by atoms with E-state index in [9.17, 15) is 4.79 Å². The van der Waals surface area contributed by atoms with Crippen molar-refractivity contribution in [2.24, 2.45) is 0 Å². The molecule has 1 N–H and O–H groups in total. The molecule has 2 aromatic rings. The van der Waals surface area contributed by atoms with Gasteiger partial charge in [-0.25, -0.2) is 0 Å². The van der Waals surface area contributed by atoms with E-state index >= 15 is 0 Å². The third kappa shape index (κ3) is 2.26. The summed E-state index contributed by atoms with van der Waals surface area (Å²) in [5.74, 6) is 0.602. The lowest BCUT2D eigenvalue weighted by Crippen LogP contribution is -2.04. The van der Waals surface area contributed by atoms with Crippen LogP contribution in [-0.2, 0) is 4.79 Å². The van der Waals surface area contributed by atoms with Crippen molar-refractivity contribution >= 4 is 16.7 Å². The van der Waals surface area contributed by atoms with Gasteiger partial charge in [-0.15, -0.1) is 0 Å². The number of H-pyrrole nitrogens is 1. The Labute approximate surface area is 102 Å². The maximum Gasteiger partial charge on any atom is 0.130 e. The number of aromatic amines is 1. The molecule has 90 valence electrons. The first kappa shape index (κ1) is 11.9. The fourth-order valence-electron chi connectivity index (χ4n) is 2.62. The minimum Gasteiger partial charge on any atom is -0.358 e. The Morgan fingerprint density at radius 2 is 2.06 bits per heavy atom. The number of aromatic nitrogens is 1. The van der Waals surface area contributed by atoms with Crippen LogP contribution in [0.2, 0.25) is 0 Å². The fraction of sp³-hybridized carbons (Fsp3) is 0.400. The lowest BCUT2D eigenvalue weighted by molar-refractivity contribution is -0.117. The summed E-state index contributed by atoms with van der Waals surface area (Å²) in [6, 6.07) is 8.32. The third-order valence-corrected chi connectivity index (χ3v) is 3.38. The summed E-state index contributed by atoms with van der Waals surface area (Å²) >= 11 is 0. The topological polar surface area (TPSA) is 32.9 Å². The standard InChI is InChI=1S/C15H19NO/c1-4-12(9-10(2)17)15-11(3)16-14-8-6-5-7-13(14)15/h5-8,12,16H,4,9H2,1-3H3. The molecular formula is C15H19NO. The van der Waals surface area contributed by atoms with Crippen LogP contribution in [0.1, 0.15) is 43.9 Å². The SMILES string of the molecule is CCC(CC(C)=O)c1c(C)[nH]c2ccccc12. The monoisotopic (exact) mass is 229 g/mol. The van der Waals surface area contributed by atoms with Gasteiger partial charge in [0.15, 0.2) is 0 Å². The van der Waals surface area contributed by atoms with Crippen LogP contribution in [-0.4, -0.2) is 10.8 Å². The molecule has 0 saturated carbocycles. The van der Waals surface area contributed by atoms with E-state index in [4.69, 9.17) is 0 Å². The largest absolute Gasteiger partial charge is 0.358 e. The van der Waals surface area contributed by atoms with E-state index in [1.165, 1.54) is 22.2 Å². The Balaban J connectivity index is 2.52. The number of Topliss-reactive ketones (excluding diaryl/α,β-unsaturated/α-hetero) is 1. The first-order valence-electron chi connectivity index (χ1n) is 6.20. The summed E-state index contributed by atoms with van der Waals surface area (Å²) in [6.45, 7) is 5.92. The Kier molecular flexibility index (Phi) is 3.32. The Morgan fingerprint density at radius 1 is 1.35 bits per heavy atom. The quantitative estimate of drug-likeness (QED) is 0.846. The number of aryl methyl sites for hydroxylation is 1. The smallest absolute Gasteiger partial charge is 0.130 e. The van der Waals surface area contributed by atoms with Gasteiger partial charge in [0.2, 0.25) is 0 Å². The lowest BCUT2D eigenvalue weighted by Gasteiger charge is -2.13. The number of carbonyl (C=O) groups excluding carboxylic acids is 1. The molecule has 2 nitrogen and oxygen atoms in total. The average molecular weight is 229 g/mol. The first-order valence-corrected chi connectivity index (χ1v) is 6.20. The highest BCUT2D eigenvalue weighted by Gasteiger charge is 2.18. The Morgan fingerprint density at radius 3 is 2.71 bits per heavy atom. The number of nitrogens with one attached hydrogen (secondary N) is 1. The van der Waals surface area contributed by atoms with Gasteiger partial charge in [-0.05, 0) is 37.8 Å². The Hall–Kier alpha value is -1.57. The summed E-state index contributed by atoms with van der Waals surface area (Å²) in [4.78, 5) is 14.7. The van der Waals surface area contributed by atoms with Crippen LogP contribution >= 0.6 is 0 Å². The number of hydrogen-bond acceptors (Lipinski definition) is 1. The number of rotatable bonds is 4. The number of fused-ring (bicyclic) bond motifs is 1. The number of para-hydroxylation sites is 1. The zero-order valence-electron chi connectivity index (χ0n) is 10.7. The van der Waals surface area contributed by atoms with Crippen molar-refractivity contribution in [3.63, 3.8) is 0 Å². The molecule has 0 amide bonds. The van der Waals surface area contributed by atoms with Crippen molar-refractivity contribution in [3.05, 3.63) is 35.5 Å². The predicted octanol–water partition coefficient (Wildman–Crippen LogP) is 3.95. The van der Waals surface area contributed by atoms with Crippen molar-refractivity contribution in [2.75, 3.05) is 0 Å². The van der Waals surface area contributed by atoms with Gasteiger partial charge in [-0.1, -0.05) is 25.1 Å². The second kappa shape index (κ2) is 4.74. The molecule has 1 unspecified atom stereocenters. The minimum absolute atomic E-state index is 0.265. The zero-order chi connectivity index (χ0) is 12.4. The molecule has 0 saturated heterocycles. The molecule has 17 heavy (non-hydrogen) atoms. The molecule has 0 radical (unpaired) electrons. The molecule has 0 bridgehead atoms. The van der Waals surface area contributed by atoms with Gasteiger partial charge < -0.3 is 9.78 Å². The summed E-state index contributed by atoms with van der Waals surface area (Å²) in [6.07, 6.45) is 1.64. The van der Waals surface area contributed by atoms with Crippen LogP contribution in [0.3, 0.4) is 0 Å². The van der Waals surface area contributed by atoms with Crippen molar-refractivity contribution in [2.45, 2.75) is 39.5 Å². The number of benzene rings is 1. The molecule has 1 aromatic heterocycles. The predicted molar refractivity (Wildman–Crippen MR) is 71.4 cm³/mol. The van der Waals surface area contributed by atoms with E-state index in [1.54, 1.807) is 6.92 Å². The molecule has 2 rings (SSSR count). The molecule has 0 aliphatic heterocycles. The normalized spacial score (nSPS) is 12.9. The van der Waals surface area contributed by atoms with Gasteiger partial charge in [-0.3, -0.25) is 0 Å². The summed E-state index contributed by atoms with van der Waals surface area (Å²) in [5.41, 5.74) is 3.68. The second-order valence-corrected chi connectivity index (χ2v) is 4.72. The van der Waals surface area contributed by atoms with E-state index < -0.39 is 0 Å². The summed E-state index contributed by atoms with van der Waals surface area (Å²) in [7, 11) is 0. The van der Waals surface area contributed by atoms with Gasteiger partial charge >= 0.3 is 0 Å². The fourth-order valence-corrected chi connectivity index (χ4v) is 2.62. The molecule has 0 aliphatic rings. The summed E-state index contributed by atoms with van der Waals surface area (Å²) in [5, 5.41) is 1.26. The van der Waals surface area contributed by atoms with Gasteiger partial charge in [0, 0.05) is 23.0 Å². The van der Waals surface area contributed by atoms with Crippen molar-refractivity contribution in [3.8, 4) is 0 Å². The number of ketones is 1. The number of hydrogen-bond donors (Lipinski definition) is 1. The molecule has 1 atom stereocenters. The highest BCUT2D eigenvalue weighted by atomic mass is 16.1. The lowest BCUT2D eigenvalue weighted by atomic mass is 9.89. The van der Waals surface area contributed by atoms with Crippen LogP contribution in [0, 0.1) is 6.92 Å². The van der Waals surface area contributed by atoms with E-state index in [2.05, 4.69) is 37.0 Å². The van der Waals surface area contributed by atoms with E-state index in [1.807, 2.05) is 6.07 Å². The van der Waals surface area contributed by atoms with Crippen LogP contribution in [0.5, 0.6) is 0 Å². The summed E-state index contributed by atoms with van der Waals surface area (Å²) < 4.78 is 0. The molecule has 1 aromatic carbocycles. The maximum atomic E-state index is 11.3. The average Bonchev–Trinajstić information content (AvgIpc) is 2.62. The van der Waals surface area contributed by atoms with Crippen molar-refractivity contribution < 1.29 is 4.79 Å². The first-order chi connectivity index (χ1) is 8.13. The molecule has 1 heterocycles. The van der Waals surface area contributed by atoms with E-state index in [0.717, 1.165) is 6.42 Å². The van der Waals surface area contributed by atoms with Gasteiger partial charge in [0.25, 0.3) is 0 Å². The van der Waals surface area contributed by atoms with Crippen molar-refractivity contribution in [1.29, 1.82) is 0 Å². The van der Waals surface area contributed by atoms with E-state index in [-0.39, 0.29) is 5.78 Å². The highest BCUT2D eigenvalue weighted by molar-refractivity contribution is 5.86. The van der Waals surface area contributed by atoms with Crippen molar-refractivity contribution in [1.82, 2.24) is 4.98 Å². The Bertz CT molecular complexity index is 539. The highest BCUT2D eigenvalue weighted by Crippen LogP contribution is 2.33. The molecule has 0 aliphatic carbocycles. The van der Waals surface area contributed by atoms with Gasteiger partial charge in [-0.2, -0.15) is 0 Å². The number of carbonyl (C=O) groups is 1. The zero-order valence-corrected chi connectivity index (χ0v) is 10.7. The van der Waals surface area contributed by atoms with Crippen LogP contribution in [0.4, 0.5) is 0 Å². The molecule has 2 heteroatoms. The van der Waals surface area contributed by atoms with Gasteiger partial charge in [0.05, 0.1) is 0 Å². The third-order valence-electron chi connectivity index (χ3n) is 3.38.